The molecule has 0 saturated carbocycles. The van der Waals surface area contributed by atoms with E-state index in [1.54, 1.807) is 6.08 Å². The minimum Gasteiger partial charge on any atom is -0.542 e. The fourth-order valence-corrected chi connectivity index (χ4v) is 10.3. The molecule has 0 spiro atoms. The maximum absolute atomic E-state index is 12.1. The van der Waals surface area contributed by atoms with E-state index in [2.05, 4.69) is 53.1 Å². The zero-order valence-corrected chi connectivity index (χ0v) is 21.7. The summed E-state index contributed by atoms with van der Waals surface area (Å²) in [4.78, 5) is 15.6. The van der Waals surface area contributed by atoms with Gasteiger partial charge in [0.2, 0.25) is 0 Å². The first-order valence-corrected chi connectivity index (χ1v) is 13.7. The highest BCUT2D eigenvalue weighted by Crippen LogP contribution is 2.44. The highest BCUT2D eigenvalue weighted by atomic mass is 28.4. The van der Waals surface area contributed by atoms with E-state index in [1.165, 1.54) is 0 Å². The molecule has 0 aliphatic heterocycles. The van der Waals surface area contributed by atoms with Crippen molar-refractivity contribution in [3.63, 3.8) is 0 Å². The van der Waals surface area contributed by atoms with Crippen LogP contribution in [0.25, 0.3) is 21.8 Å². The molecule has 0 radical (unpaired) electrons. The second-order valence-electron chi connectivity index (χ2n) is 10.2. The van der Waals surface area contributed by atoms with Crippen molar-refractivity contribution >= 4 is 36.4 Å². The van der Waals surface area contributed by atoms with E-state index in [0.717, 1.165) is 33.8 Å². The van der Waals surface area contributed by atoms with Gasteiger partial charge >= 0.3 is 0 Å². The van der Waals surface area contributed by atoms with E-state index in [4.69, 9.17) is 9.16 Å². The van der Waals surface area contributed by atoms with Crippen molar-refractivity contribution in [3.8, 4) is 11.5 Å². The summed E-state index contributed by atoms with van der Waals surface area (Å²) >= 11 is 0. The van der Waals surface area contributed by atoms with Gasteiger partial charge in [-0.3, -0.25) is 4.79 Å². The lowest BCUT2D eigenvalue weighted by molar-refractivity contribution is 0.112. The van der Waals surface area contributed by atoms with Gasteiger partial charge in [-0.15, -0.1) is 0 Å². The van der Waals surface area contributed by atoms with Crippen LogP contribution < -0.4 is 9.16 Å². The van der Waals surface area contributed by atoms with E-state index in [9.17, 15) is 4.79 Å². The second-order valence-corrected chi connectivity index (χ2v) is 15.6. The normalized spacial score (nSPS) is 12.8. The quantitative estimate of drug-likeness (QED) is 0.203. The number of carbonyl (C=O) groups is 1. The van der Waals surface area contributed by atoms with E-state index in [0.29, 0.717) is 27.9 Å². The number of rotatable bonds is 9. The lowest BCUT2D eigenvalue weighted by Gasteiger charge is -2.42. The zero-order valence-electron chi connectivity index (χ0n) is 20.7. The van der Waals surface area contributed by atoms with Crippen LogP contribution in [0, 0.1) is 0 Å². The maximum Gasteiger partial charge on any atom is 0.258 e. The monoisotopic (exact) mass is 451 g/mol. The summed E-state index contributed by atoms with van der Waals surface area (Å²) in [5.74, 6) is 1.43. The van der Waals surface area contributed by atoms with E-state index in [1.807, 2.05) is 44.2 Å². The fourth-order valence-electron chi connectivity index (χ4n) is 5.08. The Labute approximate surface area is 193 Å². The Morgan fingerprint density at radius 3 is 2.12 bits per heavy atom. The summed E-state index contributed by atoms with van der Waals surface area (Å²) in [6, 6.07) is 9.92. The summed E-state index contributed by atoms with van der Waals surface area (Å²) in [6.45, 7) is 21.3. The van der Waals surface area contributed by atoms with Crippen LogP contribution in [0.1, 0.15) is 65.7 Å². The predicted octanol–water partition coefficient (Wildman–Crippen LogP) is 8.03. The average Bonchev–Trinajstić information content (AvgIpc) is 3.08. The van der Waals surface area contributed by atoms with Gasteiger partial charge in [0.25, 0.3) is 8.32 Å². The number of hydrogen-bond donors (Lipinski definition) is 1. The van der Waals surface area contributed by atoms with Gasteiger partial charge in [-0.2, -0.15) is 0 Å². The van der Waals surface area contributed by atoms with Gasteiger partial charge < -0.3 is 14.1 Å². The number of hydrogen-bond acceptors (Lipinski definition) is 3. The van der Waals surface area contributed by atoms with Crippen LogP contribution in [0.5, 0.6) is 11.5 Å². The molecule has 0 aliphatic rings. The van der Waals surface area contributed by atoms with Gasteiger partial charge in [-0.25, -0.2) is 0 Å². The molecule has 32 heavy (non-hydrogen) atoms. The van der Waals surface area contributed by atoms with Crippen molar-refractivity contribution in [2.24, 2.45) is 0 Å². The number of carbonyl (C=O) groups excluding carboxylic acids is 1. The predicted molar refractivity (Wildman–Crippen MR) is 138 cm³/mol. The molecule has 172 valence electrons. The first kappa shape index (κ1) is 24.1. The smallest absolute Gasteiger partial charge is 0.258 e. The highest BCUT2D eigenvalue weighted by Gasteiger charge is 2.47. The third kappa shape index (κ3) is 4.10. The molecule has 0 unspecified atom stereocenters. The third-order valence-corrected chi connectivity index (χ3v) is 12.7. The molecule has 0 fully saturated rings. The van der Waals surface area contributed by atoms with Crippen molar-refractivity contribution in [1.29, 1.82) is 0 Å². The molecular formula is C27H37NO3Si. The lowest BCUT2D eigenvalue weighted by Crippen LogP contribution is -2.50. The summed E-state index contributed by atoms with van der Waals surface area (Å²) in [6.07, 6.45) is 2.70. The van der Waals surface area contributed by atoms with Crippen molar-refractivity contribution in [1.82, 2.24) is 4.98 Å². The maximum atomic E-state index is 12.1. The Kier molecular flexibility index (Phi) is 6.61. The molecule has 5 heteroatoms. The molecule has 1 aromatic heterocycles. The first-order valence-electron chi connectivity index (χ1n) is 11.5. The Hall–Kier alpha value is -2.53. The first-order chi connectivity index (χ1) is 15.0. The van der Waals surface area contributed by atoms with Crippen LogP contribution in [0.2, 0.25) is 16.6 Å². The third-order valence-electron chi connectivity index (χ3n) is 6.71. The summed E-state index contributed by atoms with van der Waals surface area (Å²) in [7, 11) is -2.20. The molecular weight excluding hydrogens is 414 g/mol. The molecule has 0 amide bonds. The number of nitrogens with one attached hydrogen (secondary N) is 1. The average molecular weight is 452 g/mol. The number of para-hydroxylation sites is 1. The van der Waals surface area contributed by atoms with Crippen LogP contribution in [0.3, 0.4) is 0 Å². The number of aldehydes is 1. The number of H-pyrrole nitrogens is 1. The molecule has 4 nitrogen and oxygen atoms in total. The molecule has 1 N–H and O–H groups in total. The van der Waals surface area contributed by atoms with Crippen molar-refractivity contribution in [3.05, 3.63) is 48.6 Å². The second kappa shape index (κ2) is 8.78. The van der Waals surface area contributed by atoms with E-state index in [-0.39, 0.29) is 0 Å². The Morgan fingerprint density at radius 1 is 0.969 bits per heavy atom. The molecule has 3 rings (SSSR count). The van der Waals surface area contributed by atoms with Gasteiger partial charge in [0, 0.05) is 16.8 Å². The summed E-state index contributed by atoms with van der Waals surface area (Å²) in [5, 5.41) is 2.01. The van der Waals surface area contributed by atoms with E-state index >= 15 is 0 Å². The number of benzene rings is 2. The van der Waals surface area contributed by atoms with Gasteiger partial charge in [0.05, 0.1) is 16.6 Å². The minimum atomic E-state index is -2.20. The Morgan fingerprint density at radius 2 is 1.59 bits per heavy atom. The van der Waals surface area contributed by atoms with Crippen molar-refractivity contribution < 1.29 is 14.0 Å². The molecule has 1 heterocycles. The molecule has 0 aliphatic carbocycles. The molecule has 0 bridgehead atoms. The van der Waals surface area contributed by atoms with Crippen molar-refractivity contribution in [2.75, 3.05) is 0 Å². The zero-order chi connectivity index (χ0) is 23.8. The Bertz CT molecular complexity index is 1120. The number of aromatic amines is 1. The molecule has 0 atom stereocenters. The van der Waals surface area contributed by atoms with Gasteiger partial charge in [0.15, 0.2) is 6.29 Å². The Balaban J connectivity index is 2.21. The van der Waals surface area contributed by atoms with Crippen LogP contribution in [0.15, 0.2) is 43.0 Å². The van der Waals surface area contributed by atoms with Crippen LogP contribution in [-0.2, 0) is 0 Å². The van der Waals surface area contributed by atoms with Crippen LogP contribution >= 0.6 is 0 Å². The summed E-state index contributed by atoms with van der Waals surface area (Å²) < 4.78 is 13.1. The fraction of sp³-hybridized carbons (Fsp3) is 0.444. The number of fused-ring (bicyclic) bond motifs is 3. The largest absolute Gasteiger partial charge is 0.542 e. The van der Waals surface area contributed by atoms with Gasteiger partial charge in [-0.1, -0.05) is 60.3 Å². The van der Waals surface area contributed by atoms with Crippen LogP contribution in [-0.4, -0.2) is 25.2 Å². The molecule has 2 aromatic carbocycles. The highest BCUT2D eigenvalue weighted by molar-refractivity contribution is 6.78. The minimum absolute atomic E-state index is 0.418. The van der Waals surface area contributed by atoms with E-state index < -0.39 is 13.9 Å². The molecule has 3 aromatic rings. The molecule has 0 saturated heterocycles. The van der Waals surface area contributed by atoms with Gasteiger partial charge in [-0.05, 0) is 48.7 Å². The number of ether oxygens (including phenoxy) is 1. The standard InChI is InChI=1S/C27H37NO3Si/c1-10-27(8,9)30-24-13-11-12-21-22-14-20(16-29)25(15-23(22)28-26(21)24)31-32(17(2)3,18(4)5)19(6)7/h10-19,28H,1H2,2-9H3. The number of aromatic nitrogens is 1. The van der Waals surface area contributed by atoms with Crippen LogP contribution in [0.4, 0.5) is 0 Å². The topological polar surface area (TPSA) is 51.3 Å². The SMILES string of the molecule is C=CC(C)(C)Oc1cccc2c1[nH]c1cc(O[Si](C(C)C)(C(C)C)C(C)C)c(C=O)cc12. The lowest BCUT2D eigenvalue weighted by atomic mass is 10.1. The van der Waals surface area contributed by atoms with Crippen molar-refractivity contribution in [2.45, 2.75) is 77.6 Å². The van der Waals surface area contributed by atoms with Gasteiger partial charge in [0.1, 0.15) is 17.1 Å². The summed E-state index contributed by atoms with van der Waals surface area (Å²) in [5.41, 5.74) is 3.20.